The van der Waals surface area contributed by atoms with Gasteiger partial charge in [0.25, 0.3) is 0 Å². The summed E-state index contributed by atoms with van der Waals surface area (Å²) in [6.07, 6.45) is 5.35. The molecule has 0 radical (unpaired) electrons. The highest BCUT2D eigenvalue weighted by molar-refractivity contribution is 5.93. The zero-order chi connectivity index (χ0) is 38.0. The van der Waals surface area contributed by atoms with Crippen molar-refractivity contribution in [2.24, 2.45) is 23.2 Å². The van der Waals surface area contributed by atoms with Crippen molar-refractivity contribution in [1.82, 2.24) is 19.8 Å². The fraction of sp³-hybridized carbons (Fsp3) is 0.545. The van der Waals surface area contributed by atoms with Crippen molar-refractivity contribution in [3.8, 4) is 5.75 Å². The number of nitrogens with zero attached hydrogens (tertiary/aromatic N) is 2. The van der Waals surface area contributed by atoms with Crippen LogP contribution in [0.1, 0.15) is 67.1 Å². The van der Waals surface area contributed by atoms with Crippen LogP contribution in [0.5, 0.6) is 5.75 Å². The van der Waals surface area contributed by atoms with Crippen LogP contribution in [0, 0.1) is 23.2 Å². The van der Waals surface area contributed by atoms with E-state index < -0.39 is 16.9 Å². The number of fused-ring (bicyclic) bond motifs is 7. The van der Waals surface area contributed by atoms with Gasteiger partial charge in [0.1, 0.15) is 16.6 Å². The number of rotatable bonds is 5. The van der Waals surface area contributed by atoms with Crippen LogP contribution in [0.2, 0.25) is 0 Å². The van der Waals surface area contributed by atoms with E-state index in [0.717, 1.165) is 82.5 Å². The Labute approximate surface area is 321 Å². The Hall–Kier alpha value is -4.16. The molecule has 7 aliphatic rings. The summed E-state index contributed by atoms with van der Waals surface area (Å²) in [7, 11) is 4.73. The third-order valence-electron chi connectivity index (χ3n) is 15.0. The van der Waals surface area contributed by atoms with E-state index in [4.69, 9.17) is 18.9 Å². The number of methoxy groups -OCH3 is 3. The van der Waals surface area contributed by atoms with E-state index in [2.05, 4.69) is 69.2 Å². The standard InChI is InChI=1S/C44H52N4O7/c1-6-25-20-48-22-55-21-44(42(51)54-5)33(25)15-31(38-32(16-37(44)48)26-9-7-8-10-34(26)45-38)30-14-29-27-11-12-47-19-24-13-28(23(2)49)40(47)43(18-24,41(50)53-4)39(27)46-35(29)17-36(30)52-3/h6-10,14,17,23-24,28,31,33,37,40,45-46,49H,11-13,15-16,18-22H2,1-5H3/b25-6-/t23-,24+,28+,31-,33-,37-,40-,43+,44-/m0/s1. The molecular weight excluding hydrogens is 697 g/mol. The van der Waals surface area contributed by atoms with Gasteiger partial charge in [0, 0.05) is 94.3 Å². The lowest BCUT2D eigenvalue weighted by Gasteiger charge is -2.58. The van der Waals surface area contributed by atoms with Gasteiger partial charge >= 0.3 is 11.9 Å². The van der Waals surface area contributed by atoms with Gasteiger partial charge in [-0.1, -0.05) is 29.8 Å². The van der Waals surface area contributed by atoms with Crippen LogP contribution in [0.25, 0.3) is 21.8 Å². The highest BCUT2D eigenvalue weighted by Crippen LogP contribution is 2.58. The number of aromatic amines is 2. The van der Waals surface area contributed by atoms with Crippen LogP contribution in [0.15, 0.2) is 48.0 Å². The predicted molar refractivity (Wildman–Crippen MR) is 207 cm³/mol. The largest absolute Gasteiger partial charge is 0.496 e. The zero-order valence-electron chi connectivity index (χ0n) is 32.4. The number of hydrogen-bond donors (Lipinski definition) is 3. The van der Waals surface area contributed by atoms with Crippen molar-refractivity contribution in [3.05, 3.63) is 76.1 Å². The summed E-state index contributed by atoms with van der Waals surface area (Å²) in [4.78, 5) is 41.1. The summed E-state index contributed by atoms with van der Waals surface area (Å²) in [5.41, 5.74) is 6.90. The Balaban J connectivity index is 1.21. The Bertz CT molecular complexity index is 2260. The number of piperidine rings is 3. The molecule has 0 amide bonds. The number of carbonyl (C=O) groups is 2. The lowest BCUT2D eigenvalue weighted by Crippen LogP contribution is -2.68. The van der Waals surface area contributed by atoms with Crippen molar-refractivity contribution < 1.29 is 33.6 Å². The van der Waals surface area contributed by atoms with Gasteiger partial charge in [0.15, 0.2) is 0 Å². The molecule has 2 aliphatic carbocycles. The topological polar surface area (TPSA) is 129 Å². The van der Waals surface area contributed by atoms with Crippen LogP contribution in [0.4, 0.5) is 0 Å². The molecule has 8 bridgehead atoms. The molecule has 2 aromatic heterocycles. The van der Waals surface area contributed by atoms with Crippen LogP contribution in [-0.4, -0.2) is 109 Å². The second-order valence-electron chi connectivity index (χ2n) is 17.2. The molecule has 3 N–H and O–H groups in total. The van der Waals surface area contributed by atoms with Gasteiger partial charge < -0.3 is 34.0 Å². The minimum atomic E-state index is -0.919. The Morgan fingerprint density at radius 3 is 2.60 bits per heavy atom. The molecule has 4 saturated heterocycles. The van der Waals surface area contributed by atoms with Crippen molar-refractivity contribution in [2.75, 3.05) is 54.3 Å². The maximum Gasteiger partial charge on any atom is 0.319 e. The molecule has 11 atom stereocenters. The van der Waals surface area contributed by atoms with Crippen molar-refractivity contribution in [3.63, 3.8) is 0 Å². The number of hydrogen-bond acceptors (Lipinski definition) is 9. The van der Waals surface area contributed by atoms with E-state index in [1.165, 1.54) is 25.4 Å². The zero-order valence-corrected chi connectivity index (χ0v) is 32.4. The Morgan fingerprint density at radius 2 is 1.84 bits per heavy atom. The number of nitrogens with one attached hydrogen (secondary N) is 2. The van der Waals surface area contributed by atoms with E-state index in [1.54, 1.807) is 7.11 Å². The fourth-order valence-electron chi connectivity index (χ4n) is 12.8. The van der Waals surface area contributed by atoms with E-state index in [9.17, 15) is 14.7 Å². The van der Waals surface area contributed by atoms with Crippen LogP contribution in [0.3, 0.4) is 0 Å². The molecule has 2 aromatic carbocycles. The summed E-state index contributed by atoms with van der Waals surface area (Å²) < 4.78 is 24.0. The van der Waals surface area contributed by atoms with Crippen LogP contribution < -0.4 is 4.74 Å². The molecule has 5 aliphatic heterocycles. The number of esters is 2. The molecule has 11 rings (SSSR count). The molecule has 290 valence electrons. The average molecular weight is 749 g/mol. The van der Waals surface area contributed by atoms with Gasteiger partial charge in [0.2, 0.25) is 0 Å². The first-order chi connectivity index (χ1) is 26.7. The van der Waals surface area contributed by atoms with Gasteiger partial charge in [0.05, 0.1) is 40.8 Å². The number of aromatic nitrogens is 2. The first-order valence-corrected chi connectivity index (χ1v) is 20.1. The monoisotopic (exact) mass is 748 g/mol. The second kappa shape index (κ2) is 12.7. The molecule has 0 spiro atoms. The summed E-state index contributed by atoms with van der Waals surface area (Å²) in [5.74, 6) is 0.248. The predicted octanol–water partition coefficient (Wildman–Crippen LogP) is 5.19. The Kier molecular flexibility index (Phi) is 8.13. The number of allylic oxidation sites excluding steroid dienone is 1. The maximum atomic E-state index is 14.3. The summed E-state index contributed by atoms with van der Waals surface area (Å²) in [6.45, 7) is 7.19. The van der Waals surface area contributed by atoms with Gasteiger partial charge in [-0.3, -0.25) is 19.4 Å². The number of ether oxygens (including phenoxy) is 4. The van der Waals surface area contributed by atoms with E-state index >= 15 is 0 Å². The van der Waals surface area contributed by atoms with E-state index in [0.29, 0.717) is 32.6 Å². The number of para-hydroxylation sites is 1. The normalized spacial score (nSPS) is 36.0. The molecule has 7 heterocycles. The van der Waals surface area contributed by atoms with E-state index in [-0.39, 0.29) is 47.7 Å². The van der Waals surface area contributed by atoms with E-state index in [1.807, 2.05) is 6.92 Å². The van der Waals surface area contributed by atoms with Gasteiger partial charge in [-0.15, -0.1) is 0 Å². The average Bonchev–Trinajstić information content (AvgIpc) is 3.72. The quantitative estimate of drug-likeness (QED) is 0.187. The molecule has 5 fully saturated rings. The van der Waals surface area contributed by atoms with Crippen molar-refractivity contribution >= 4 is 33.7 Å². The lowest BCUT2D eigenvalue weighted by atomic mass is 9.56. The first kappa shape index (κ1) is 35.3. The molecule has 11 nitrogen and oxygen atoms in total. The van der Waals surface area contributed by atoms with Crippen molar-refractivity contribution in [1.29, 1.82) is 0 Å². The molecule has 1 saturated carbocycles. The van der Waals surface area contributed by atoms with Crippen LogP contribution >= 0.6 is 0 Å². The van der Waals surface area contributed by atoms with Gasteiger partial charge in [-0.05, 0) is 75.1 Å². The third-order valence-corrected chi connectivity index (χ3v) is 15.0. The second-order valence-corrected chi connectivity index (χ2v) is 17.2. The van der Waals surface area contributed by atoms with Crippen LogP contribution in [-0.2, 0) is 42.1 Å². The minimum absolute atomic E-state index is 0.0358. The summed E-state index contributed by atoms with van der Waals surface area (Å²) in [5, 5.41) is 13.3. The number of carbonyl (C=O) groups excluding carboxylic acids is 2. The molecular formula is C44H52N4O7. The number of aliphatic hydroxyl groups is 1. The third kappa shape index (κ3) is 4.70. The molecule has 11 heteroatoms. The smallest absolute Gasteiger partial charge is 0.319 e. The highest BCUT2D eigenvalue weighted by atomic mass is 16.5. The number of benzene rings is 2. The maximum absolute atomic E-state index is 14.3. The summed E-state index contributed by atoms with van der Waals surface area (Å²) in [6, 6.07) is 12.6. The number of H-pyrrole nitrogens is 2. The molecule has 2 unspecified atom stereocenters. The van der Waals surface area contributed by atoms with Gasteiger partial charge in [-0.2, -0.15) is 0 Å². The highest BCUT2D eigenvalue weighted by Gasteiger charge is 2.64. The van der Waals surface area contributed by atoms with Crippen molar-refractivity contribution in [2.45, 2.75) is 75.5 Å². The molecule has 4 aromatic rings. The minimum Gasteiger partial charge on any atom is -0.496 e. The fourth-order valence-corrected chi connectivity index (χ4v) is 12.8. The summed E-state index contributed by atoms with van der Waals surface area (Å²) >= 11 is 0. The van der Waals surface area contributed by atoms with Gasteiger partial charge in [-0.25, -0.2) is 0 Å². The SMILES string of the molecule is C/C=C1/CN2COC[C@@]3(C(=O)OC)[C@@H]2Cc2c([nH]c4ccccc24)[C@H](c2cc4c5c([nH]c4cc2OC)[C@]2(C(=O)OC)C[C@H]4C[C@H]([C@H](C)O)[C@@H]2N(CC5)C4)C[C@@H]13. The lowest BCUT2D eigenvalue weighted by molar-refractivity contribution is -0.199. The Morgan fingerprint density at radius 1 is 1.02 bits per heavy atom. The number of aliphatic hydroxyl groups excluding tert-OH is 1. The molecule has 55 heavy (non-hydrogen) atoms. The first-order valence-electron chi connectivity index (χ1n) is 20.1.